The summed E-state index contributed by atoms with van der Waals surface area (Å²) < 4.78 is 119. The van der Waals surface area contributed by atoms with Crippen molar-refractivity contribution in [2.75, 3.05) is 110 Å². The van der Waals surface area contributed by atoms with E-state index in [1.807, 2.05) is 24.3 Å². The second kappa shape index (κ2) is 31.9. The summed E-state index contributed by atoms with van der Waals surface area (Å²) >= 11 is 0. The molecule has 8 rings (SSSR count). The summed E-state index contributed by atoms with van der Waals surface area (Å²) in [6, 6.07) is 34.9. The summed E-state index contributed by atoms with van der Waals surface area (Å²) in [6.07, 6.45) is 5.10. The molecular formula is C65H82N2O18S2. The summed E-state index contributed by atoms with van der Waals surface area (Å²) in [4.78, 5) is 25.9. The molecule has 0 saturated carbocycles. The van der Waals surface area contributed by atoms with Gasteiger partial charge in [0.25, 0.3) is 0 Å². The first-order valence-corrected chi connectivity index (χ1v) is 31.3. The topological polar surface area (TPSA) is 241 Å². The van der Waals surface area contributed by atoms with Crippen molar-refractivity contribution >= 4 is 32.2 Å². The fraction of sp³-hybridized carbons (Fsp3) is 0.415. The van der Waals surface area contributed by atoms with E-state index in [1.54, 1.807) is 69.0 Å². The normalized spacial score (nSPS) is 17.7. The number of quaternary nitrogens is 2. The molecule has 0 N–H and O–H groups in total. The zero-order chi connectivity index (χ0) is 63.4. The van der Waals surface area contributed by atoms with Crippen LogP contribution in [0.25, 0.3) is 0 Å². The number of hydrogen-bond acceptors (Lipinski definition) is 18. The molecule has 0 saturated heterocycles. The SMILES string of the molecule is COc1ccc(C[C@H]2C[N@@+](C)(CCC(=O)OCCCCCOC(=O)CC[N@@+]3(C)CCc4cc(OC)c(OC)cc4[C@H]3Cc3ccc(OC)c(OC)c3)Cc3cc(OC)c(OC)cc32)cc1OC.O=S(=O)([O-])c1ccccc1.O=S(=O)([O-])c1ccccc1. The Morgan fingerprint density at radius 3 is 1.34 bits per heavy atom. The number of likely N-dealkylation sites (N-methyl/N-ethyl adjacent to an activating group) is 2. The monoisotopic (exact) mass is 1240 g/mol. The van der Waals surface area contributed by atoms with E-state index < -0.39 is 20.2 Å². The number of unbranched alkanes of at least 4 members (excludes halogenated alkanes) is 2. The van der Waals surface area contributed by atoms with Gasteiger partial charge in [0.15, 0.2) is 46.0 Å². The van der Waals surface area contributed by atoms with Crippen LogP contribution in [-0.4, -0.2) is 157 Å². The number of rotatable bonds is 26. The number of benzene rings is 6. The van der Waals surface area contributed by atoms with E-state index >= 15 is 0 Å². The second-order valence-electron chi connectivity index (χ2n) is 21.7. The lowest BCUT2D eigenvalue weighted by Crippen LogP contribution is -2.53. The van der Waals surface area contributed by atoms with Gasteiger partial charge < -0.3 is 65.4 Å². The largest absolute Gasteiger partial charge is 0.744 e. The molecule has 0 spiro atoms. The first-order chi connectivity index (χ1) is 41.5. The van der Waals surface area contributed by atoms with Gasteiger partial charge in [-0.25, -0.2) is 16.8 Å². The quantitative estimate of drug-likeness (QED) is 0.0213. The molecule has 20 nitrogen and oxygen atoms in total. The summed E-state index contributed by atoms with van der Waals surface area (Å²) in [7, 11) is 9.10. The Bertz CT molecular complexity index is 3390. The number of ether oxygens (including phenoxy) is 10. The van der Waals surface area contributed by atoms with Crippen LogP contribution in [-0.2, 0) is 65.1 Å². The average molecular weight is 1240 g/mol. The fourth-order valence-corrected chi connectivity index (χ4v) is 12.1. The van der Waals surface area contributed by atoms with E-state index in [0.717, 1.165) is 56.4 Å². The third-order valence-corrected chi connectivity index (χ3v) is 17.5. The van der Waals surface area contributed by atoms with Crippen LogP contribution in [0.1, 0.15) is 77.4 Å². The smallest absolute Gasteiger partial charge is 0.311 e. The predicted molar refractivity (Wildman–Crippen MR) is 324 cm³/mol. The molecule has 0 bridgehead atoms. The number of carbonyl (C=O) groups is 2. The van der Waals surface area contributed by atoms with Crippen LogP contribution >= 0.6 is 0 Å². The zero-order valence-electron chi connectivity index (χ0n) is 51.4. The second-order valence-corrected chi connectivity index (χ2v) is 24.5. The van der Waals surface area contributed by atoms with Crippen LogP contribution in [0.5, 0.6) is 46.0 Å². The lowest BCUT2D eigenvalue weighted by molar-refractivity contribution is -0.940. The number of methoxy groups -OCH3 is 8. The van der Waals surface area contributed by atoms with Gasteiger partial charge in [-0.2, -0.15) is 0 Å². The molecule has 0 aromatic heterocycles. The maximum absolute atomic E-state index is 13.2. The van der Waals surface area contributed by atoms with Gasteiger partial charge in [-0.1, -0.05) is 48.5 Å². The van der Waals surface area contributed by atoms with Crippen molar-refractivity contribution in [3.8, 4) is 46.0 Å². The molecule has 22 heteroatoms. The highest BCUT2D eigenvalue weighted by Gasteiger charge is 2.41. The third-order valence-electron chi connectivity index (χ3n) is 15.8. The van der Waals surface area contributed by atoms with Crippen molar-refractivity contribution in [3.63, 3.8) is 0 Å². The van der Waals surface area contributed by atoms with Crippen LogP contribution in [0.2, 0.25) is 0 Å². The number of nitrogens with zero attached hydrogens (tertiary/aromatic N) is 2. The lowest BCUT2D eigenvalue weighted by Gasteiger charge is -2.46. The van der Waals surface area contributed by atoms with Gasteiger partial charge in [-0.3, -0.25) is 9.59 Å². The van der Waals surface area contributed by atoms with Crippen LogP contribution < -0.4 is 37.9 Å². The minimum Gasteiger partial charge on any atom is -0.744 e. The van der Waals surface area contributed by atoms with Crippen LogP contribution in [0, 0.1) is 0 Å². The molecular weight excluding hydrogens is 1160 g/mol. The maximum Gasteiger partial charge on any atom is 0.311 e. The standard InChI is InChI=1S/C53H72N2O12.2C6H6O3S/c1-54(34-39(26-36-14-16-44(58-3)46(28-36)60-5)41-32-50(64-9)49(63-8)31-40(41)35-54)21-19-52(56)66-24-12-11-13-25-67-53(57)20-23-55(2)22-18-38-30-48(62-7)51(65-10)33-42(38)43(55)27-37-15-17-45(59-4)47(29-37)61-6;2*7-10(8,9)6-4-2-1-3-5-6/h14-17,28-33,39,43H,11-13,18-27,34-35H2,1-10H3;2*1-5H,(H,7,8,9)/q+2;;/p-2/t39-,43+,54+,55+;;/m0../s1. The van der Waals surface area contributed by atoms with E-state index in [-0.39, 0.29) is 33.7 Å². The predicted octanol–water partition coefficient (Wildman–Crippen LogP) is 9.25. The summed E-state index contributed by atoms with van der Waals surface area (Å²) in [5.74, 6) is 5.25. The third kappa shape index (κ3) is 19.2. The fourth-order valence-electron chi connectivity index (χ4n) is 11.1. The molecule has 6 aromatic carbocycles. The Kier molecular flexibility index (Phi) is 25.1. The molecule has 472 valence electrons. The highest BCUT2D eigenvalue weighted by Crippen LogP contribution is 2.44. The Labute approximate surface area is 512 Å². The van der Waals surface area contributed by atoms with Crippen molar-refractivity contribution in [3.05, 3.63) is 155 Å². The van der Waals surface area contributed by atoms with Crippen molar-refractivity contribution in [2.45, 2.75) is 79.7 Å². The van der Waals surface area contributed by atoms with E-state index in [4.69, 9.17) is 47.4 Å². The van der Waals surface area contributed by atoms with E-state index in [9.17, 15) is 35.5 Å². The average Bonchev–Trinajstić information content (AvgIpc) is 0.982. The summed E-state index contributed by atoms with van der Waals surface area (Å²) in [6.45, 7) is 4.34. The van der Waals surface area contributed by atoms with Crippen molar-refractivity contribution < 1.29 is 91.9 Å². The Morgan fingerprint density at radius 1 is 0.483 bits per heavy atom. The summed E-state index contributed by atoms with van der Waals surface area (Å²) in [5.41, 5.74) is 7.03. The van der Waals surface area contributed by atoms with Gasteiger partial charge in [0, 0.05) is 29.9 Å². The van der Waals surface area contributed by atoms with Gasteiger partial charge in [0.1, 0.15) is 32.8 Å². The van der Waals surface area contributed by atoms with Gasteiger partial charge in [0.05, 0.1) is 133 Å². The van der Waals surface area contributed by atoms with E-state index in [2.05, 4.69) is 50.5 Å². The highest BCUT2D eigenvalue weighted by atomic mass is 32.2. The maximum atomic E-state index is 13.2. The molecule has 2 aliphatic rings. The van der Waals surface area contributed by atoms with Gasteiger partial charge in [-0.05, 0) is 121 Å². The first kappa shape index (κ1) is 68.5. The molecule has 0 amide bonds. The number of hydrogen-bond donors (Lipinski definition) is 0. The lowest BCUT2D eigenvalue weighted by atomic mass is 9.83. The molecule has 0 unspecified atom stereocenters. The van der Waals surface area contributed by atoms with Gasteiger partial charge in [-0.15, -0.1) is 0 Å². The number of carbonyl (C=O) groups excluding carboxylic acids is 2. The minimum atomic E-state index is -4.25. The Balaban J connectivity index is 0.000000507. The first-order valence-electron chi connectivity index (χ1n) is 28.5. The van der Waals surface area contributed by atoms with Gasteiger partial charge in [0.2, 0.25) is 0 Å². The van der Waals surface area contributed by atoms with Crippen LogP contribution in [0.4, 0.5) is 0 Å². The molecule has 0 fully saturated rings. The molecule has 87 heavy (non-hydrogen) atoms. The zero-order valence-corrected chi connectivity index (χ0v) is 53.0. The van der Waals surface area contributed by atoms with Crippen molar-refractivity contribution in [1.29, 1.82) is 0 Å². The summed E-state index contributed by atoms with van der Waals surface area (Å²) in [5, 5.41) is 0. The van der Waals surface area contributed by atoms with Crippen LogP contribution in [0.15, 0.2) is 131 Å². The number of fused-ring (bicyclic) bond motifs is 2. The molecule has 2 aliphatic heterocycles. The molecule has 0 aliphatic carbocycles. The molecule has 0 radical (unpaired) electrons. The number of esters is 2. The van der Waals surface area contributed by atoms with Crippen LogP contribution in [0.3, 0.4) is 0 Å². The van der Waals surface area contributed by atoms with E-state index in [1.165, 1.54) is 70.8 Å². The molecule has 4 atom stereocenters. The molecule has 2 heterocycles. The Morgan fingerprint density at radius 2 is 0.897 bits per heavy atom. The minimum absolute atomic E-state index is 0.0409. The molecule has 6 aromatic rings. The highest BCUT2D eigenvalue weighted by molar-refractivity contribution is 7.86. The van der Waals surface area contributed by atoms with Crippen molar-refractivity contribution in [1.82, 2.24) is 0 Å². The van der Waals surface area contributed by atoms with Gasteiger partial charge >= 0.3 is 11.9 Å². The van der Waals surface area contributed by atoms with E-state index in [0.29, 0.717) is 107 Å². The van der Waals surface area contributed by atoms with Crippen molar-refractivity contribution in [2.24, 2.45) is 0 Å². The Hall–Kier alpha value is -7.60.